The number of furan rings is 1. The maximum Gasteiger partial charge on any atom is 0.238 e. The van der Waals surface area contributed by atoms with Crippen molar-refractivity contribution in [2.45, 2.75) is 46.1 Å². The second kappa shape index (κ2) is 6.52. The van der Waals surface area contributed by atoms with Crippen LogP contribution >= 0.6 is 0 Å². The number of hydrogen-bond donors (Lipinski definition) is 1. The van der Waals surface area contributed by atoms with E-state index in [2.05, 4.69) is 29.3 Å². The molecule has 5 nitrogen and oxygen atoms in total. The van der Waals surface area contributed by atoms with Crippen molar-refractivity contribution in [1.29, 1.82) is 0 Å². The SMILES string of the molecule is CCCNC(CC)Cc1nc(-c2occc2C)no1. The summed E-state index contributed by atoms with van der Waals surface area (Å²) in [6.45, 7) is 7.29. The van der Waals surface area contributed by atoms with Crippen molar-refractivity contribution in [3.8, 4) is 11.6 Å². The minimum Gasteiger partial charge on any atom is -0.461 e. The van der Waals surface area contributed by atoms with Gasteiger partial charge in [-0.15, -0.1) is 0 Å². The van der Waals surface area contributed by atoms with E-state index >= 15 is 0 Å². The summed E-state index contributed by atoms with van der Waals surface area (Å²) in [6, 6.07) is 2.27. The van der Waals surface area contributed by atoms with E-state index in [0.717, 1.165) is 31.4 Å². The van der Waals surface area contributed by atoms with E-state index in [1.807, 2.05) is 13.0 Å². The van der Waals surface area contributed by atoms with Crippen LogP contribution in [0, 0.1) is 6.92 Å². The Morgan fingerprint density at radius 1 is 1.37 bits per heavy atom. The van der Waals surface area contributed by atoms with Crippen molar-refractivity contribution in [3.05, 3.63) is 23.8 Å². The highest BCUT2D eigenvalue weighted by Crippen LogP contribution is 2.21. The Kier molecular flexibility index (Phi) is 4.74. The van der Waals surface area contributed by atoms with Gasteiger partial charge in [-0.25, -0.2) is 0 Å². The third-order valence-electron chi connectivity index (χ3n) is 3.13. The van der Waals surface area contributed by atoms with Gasteiger partial charge in [-0.2, -0.15) is 4.98 Å². The molecule has 2 heterocycles. The van der Waals surface area contributed by atoms with E-state index in [4.69, 9.17) is 8.94 Å². The van der Waals surface area contributed by atoms with Gasteiger partial charge in [0.1, 0.15) is 0 Å². The molecule has 5 heteroatoms. The van der Waals surface area contributed by atoms with Crippen molar-refractivity contribution < 1.29 is 8.94 Å². The first-order valence-electron chi connectivity index (χ1n) is 6.85. The lowest BCUT2D eigenvalue weighted by Crippen LogP contribution is -2.31. The summed E-state index contributed by atoms with van der Waals surface area (Å²) < 4.78 is 10.7. The average molecular weight is 263 g/mol. The fraction of sp³-hybridized carbons (Fsp3) is 0.571. The van der Waals surface area contributed by atoms with Gasteiger partial charge in [0.25, 0.3) is 0 Å². The van der Waals surface area contributed by atoms with Crippen LogP contribution in [-0.2, 0) is 6.42 Å². The summed E-state index contributed by atoms with van der Waals surface area (Å²) in [5, 5.41) is 7.45. The van der Waals surface area contributed by atoms with Crippen LogP contribution in [-0.4, -0.2) is 22.7 Å². The first kappa shape index (κ1) is 13.8. The minimum atomic E-state index is 0.381. The zero-order valence-electron chi connectivity index (χ0n) is 11.8. The van der Waals surface area contributed by atoms with Crippen molar-refractivity contribution in [2.24, 2.45) is 0 Å². The van der Waals surface area contributed by atoms with Crippen LogP contribution in [0.5, 0.6) is 0 Å². The molecule has 2 aromatic rings. The van der Waals surface area contributed by atoms with Crippen LogP contribution in [0.25, 0.3) is 11.6 Å². The number of aryl methyl sites for hydroxylation is 1. The lowest BCUT2D eigenvalue weighted by molar-refractivity contribution is 0.353. The second-order valence-electron chi connectivity index (χ2n) is 4.71. The van der Waals surface area contributed by atoms with Gasteiger partial charge in [0.2, 0.25) is 11.7 Å². The highest BCUT2D eigenvalue weighted by molar-refractivity contribution is 5.50. The number of rotatable bonds is 7. The lowest BCUT2D eigenvalue weighted by atomic mass is 10.1. The molecule has 19 heavy (non-hydrogen) atoms. The molecule has 1 N–H and O–H groups in total. The van der Waals surface area contributed by atoms with E-state index in [1.165, 1.54) is 0 Å². The van der Waals surface area contributed by atoms with Gasteiger partial charge in [-0.1, -0.05) is 19.0 Å². The van der Waals surface area contributed by atoms with Crippen molar-refractivity contribution in [1.82, 2.24) is 15.5 Å². The molecule has 0 radical (unpaired) electrons. The molecule has 0 bridgehead atoms. The van der Waals surface area contributed by atoms with Gasteiger partial charge >= 0.3 is 0 Å². The predicted octanol–water partition coefficient (Wildman–Crippen LogP) is 2.96. The number of nitrogens with one attached hydrogen (secondary N) is 1. The zero-order chi connectivity index (χ0) is 13.7. The van der Waals surface area contributed by atoms with E-state index in [0.29, 0.717) is 23.5 Å². The second-order valence-corrected chi connectivity index (χ2v) is 4.71. The summed E-state index contributed by atoms with van der Waals surface area (Å²) >= 11 is 0. The van der Waals surface area contributed by atoms with Crippen LogP contribution in [0.3, 0.4) is 0 Å². The van der Waals surface area contributed by atoms with Crippen molar-refractivity contribution >= 4 is 0 Å². The van der Waals surface area contributed by atoms with E-state index in [1.54, 1.807) is 6.26 Å². The maximum atomic E-state index is 5.36. The molecule has 0 aliphatic heterocycles. The molecular weight excluding hydrogens is 242 g/mol. The highest BCUT2D eigenvalue weighted by atomic mass is 16.5. The summed E-state index contributed by atoms with van der Waals surface area (Å²) in [7, 11) is 0. The first-order chi connectivity index (χ1) is 9.24. The summed E-state index contributed by atoms with van der Waals surface area (Å²) in [5.41, 5.74) is 1.02. The number of aromatic nitrogens is 2. The fourth-order valence-electron chi connectivity index (χ4n) is 1.95. The van der Waals surface area contributed by atoms with Gasteiger partial charge < -0.3 is 14.3 Å². The van der Waals surface area contributed by atoms with Crippen LogP contribution in [0.15, 0.2) is 21.3 Å². The summed E-state index contributed by atoms with van der Waals surface area (Å²) in [6.07, 6.45) is 4.55. The summed E-state index contributed by atoms with van der Waals surface area (Å²) in [4.78, 5) is 4.40. The molecule has 0 saturated carbocycles. The first-order valence-corrected chi connectivity index (χ1v) is 6.85. The van der Waals surface area contributed by atoms with Gasteiger partial charge in [-0.05, 0) is 37.9 Å². The highest BCUT2D eigenvalue weighted by Gasteiger charge is 2.16. The molecule has 2 rings (SSSR count). The topological polar surface area (TPSA) is 64.1 Å². The Bertz CT molecular complexity index is 504. The van der Waals surface area contributed by atoms with Crippen molar-refractivity contribution in [2.75, 3.05) is 6.54 Å². The molecule has 104 valence electrons. The Morgan fingerprint density at radius 2 is 2.21 bits per heavy atom. The monoisotopic (exact) mass is 263 g/mol. The van der Waals surface area contributed by atoms with Crippen LogP contribution < -0.4 is 5.32 Å². The molecule has 1 unspecified atom stereocenters. The molecule has 0 aliphatic rings. The zero-order valence-corrected chi connectivity index (χ0v) is 11.8. The fourth-order valence-corrected chi connectivity index (χ4v) is 1.95. The van der Waals surface area contributed by atoms with Crippen molar-refractivity contribution in [3.63, 3.8) is 0 Å². The molecule has 0 saturated heterocycles. The third-order valence-corrected chi connectivity index (χ3v) is 3.13. The van der Waals surface area contributed by atoms with E-state index in [9.17, 15) is 0 Å². The molecule has 0 aliphatic carbocycles. The Hall–Kier alpha value is -1.62. The Labute approximate surface area is 113 Å². The smallest absolute Gasteiger partial charge is 0.238 e. The molecule has 0 spiro atoms. The molecule has 2 aromatic heterocycles. The maximum absolute atomic E-state index is 5.36. The van der Waals surface area contributed by atoms with Gasteiger partial charge in [0.05, 0.1) is 6.26 Å². The van der Waals surface area contributed by atoms with Crippen LogP contribution in [0.1, 0.15) is 38.1 Å². The Balaban J connectivity index is 2.03. The molecule has 1 atom stereocenters. The van der Waals surface area contributed by atoms with E-state index < -0.39 is 0 Å². The predicted molar refractivity (Wildman–Crippen MR) is 72.8 cm³/mol. The average Bonchev–Trinajstić information content (AvgIpc) is 3.03. The van der Waals surface area contributed by atoms with Crippen LogP contribution in [0.2, 0.25) is 0 Å². The largest absolute Gasteiger partial charge is 0.461 e. The van der Waals surface area contributed by atoms with E-state index in [-0.39, 0.29) is 0 Å². The number of hydrogen-bond acceptors (Lipinski definition) is 5. The third kappa shape index (κ3) is 3.44. The standard InChI is InChI=1S/C14H21N3O2/c1-4-7-15-11(5-2)9-12-16-14(17-19-12)13-10(3)6-8-18-13/h6,8,11,15H,4-5,7,9H2,1-3H3. The Morgan fingerprint density at radius 3 is 2.84 bits per heavy atom. The molecular formula is C14H21N3O2. The molecule has 0 amide bonds. The van der Waals surface area contributed by atoms with Crippen LogP contribution in [0.4, 0.5) is 0 Å². The lowest BCUT2D eigenvalue weighted by Gasteiger charge is -2.13. The summed E-state index contributed by atoms with van der Waals surface area (Å²) in [5.74, 6) is 1.87. The minimum absolute atomic E-state index is 0.381. The normalized spacial score (nSPS) is 12.8. The molecule has 0 aromatic carbocycles. The number of nitrogens with zero attached hydrogens (tertiary/aromatic N) is 2. The quantitative estimate of drug-likeness (QED) is 0.832. The molecule has 0 fully saturated rings. The van der Waals surface area contributed by atoms with Gasteiger partial charge in [0, 0.05) is 12.5 Å². The van der Waals surface area contributed by atoms with Gasteiger partial charge in [-0.3, -0.25) is 0 Å². The van der Waals surface area contributed by atoms with Gasteiger partial charge in [0.15, 0.2) is 5.76 Å².